The summed E-state index contributed by atoms with van der Waals surface area (Å²) >= 11 is 1.44. The number of carbonyl (C=O) groups excluding carboxylic acids is 2. The van der Waals surface area contributed by atoms with Gasteiger partial charge in [-0.3, -0.25) is 9.59 Å². The number of amides is 2. The lowest BCUT2D eigenvalue weighted by Crippen LogP contribution is -2.30. The van der Waals surface area contributed by atoms with Crippen LogP contribution in [-0.4, -0.2) is 34.3 Å². The van der Waals surface area contributed by atoms with Gasteiger partial charge in [0.05, 0.1) is 5.01 Å². The molecule has 8 heteroatoms. The van der Waals surface area contributed by atoms with Crippen LogP contribution in [0.1, 0.15) is 40.8 Å². The first-order valence-corrected chi connectivity index (χ1v) is 9.26. The third-order valence-electron chi connectivity index (χ3n) is 4.10. The highest BCUT2D eigenvalue weighted by atomic mass is 35.5. The molecule has 1 aromatic carbocycles. The highest BCUT2D eigenvalue weighted by Crippen LogP contribution is 2.28. The zero-order chi connectivity index (χ0) is 17.8. The Morgan fingerprint density at radius 1 is 1.31 bits per heavy atom. The maximum atomic E-state index is 12.2. The number of hydrogen-bond donors (Lipinski definition) is 2. The maximum Gasteiger partial charge on any atom is 0.275 e. The van der Waals surface area contributed by atoms with E-state index in [1.807, 2.05) is 29.2 Å². The van der Waals surface area contributed by atoms with Crippen LogP contribution in [0.5, 0.6) is 0 Å². The van der Waals surface area contributed by atoms with Crippen molar-refractivity contribution in [1.82, 2.24) is 9.88 Å². The third kappa shape index (κ3) is 5.27. The second-order valence-electron chi connectivity index (χ2n) is 6.19. The molecule has 3 rings (SSSR count). The normalized spacial score (nSPS) is 13.0. The van der Waals surface area contributed by atoms with E-state index in [9.17, 15) is 9.59 Å². The van der Waals surface area contributed by atoms with Crippen molar-refractivity contribution in [3.8, 4) is 0 Å². The zero-order valence-corrected chi connectivity index (χ0v) is 16.2. The third-order valence-corrected chi connectivity index (χ3v) is 5.01. The van der Waals surface area contributed by atoms with Crippen molar-refractivity contribution >= 4 is 41.2 Å². The minimum absolute atomic E-state index is 0. The minimum atomic E-state index is -0.226. The number of nitrogens with one attached hydrogen (secondary N) is 1. The highest BCUT2D eigenvalue weighted by molar-refractivity contribution is 7.09. The molecule has 0 saturated heterocycles. The van der Waals surface area contributed by atoms with Crippen LogP contribution in [0.25, 0.3) is 0 Å². The Morgan fingerprint density at radius 3 is 2.58 bits per heavy atom. The number of nitrogens with zero attached hydrogens (tertiary/aromatic N) is 2. The summed E-state index contributed by atoms with van der Waals surface area (Å²) in [5.74, 6) is -0.118. The SMILES string of the molecule is CC(=O)N(Cc1ccc(NC(=O)c2csc(CCN)n2)cc1)C1CC1.Cl. The van der Waals surface area contributed by atoms with Gasteiger partial charge in [0.1, 0.15) is 5.69 Å². The summed E-state index contributed by atoms with van der Waals surface area (Å²) in [6.07, 6.45) is 2.86. The number of aromatic nitrogens is 1. The molecule has 2 aromatic rings. The molecular weight excluding hydrogens is 372 g/mol. The predicted octanol–water partition coefficient (Wildman–Crippen LogP) is 2.83. The number of hydrogen-bond acceptors (Lipinski definition) is 5. The summed E-state index contributed by atoms with van der Waals surface area (Å²) in [5, 5.41) is 5.46. The fraction of sp³-hybridized carbons (Fsp3) is 0.389. The Morgan fingerprint density at radius 2 is 2.00 bits per heavy atom. The Balaban J connectivity index is 0.00000243. The van der Waals surface area contributed by atoms with Crippen molar-refractivity contribution in [2.75, 3.05) is 11.9 Å². The molecule has 1 aliphatic rings. The van der Waals surface area contributed by atoms with Crippen LogP contribution in [0.4, 0.5) is 5.69 Å². The second kappa shape index (κ2) is 9.12. The molecule has 1 saturated carbocycles. The van der Waals surface area contributed by atoms with E-state index in [4.69, 9.17) is 5.73 Å². The molecular formula is C18H23ClN4O2S. The van der Waals surface area contributed by atoms with E-state index in [-0.39, 0.29) is 24.2 Å². The van der Waals surface area contributed by atoms with Crippen molar-refractivity contribution in [2.24, 2.45) is 5.73 Å². The monoisotopic (exact) mass is 394 g/mol. The molecule has 1 fully saturated rings. The number of halogens is 1. The van der Waals surface area contributed by atoms with Crippen LogP contribution in [-0.2, 0) is 17.8 Å². The summed E-state index contributed by atoms with van der Waals surface area (Å²) in [7, 11) is 0. The summed E-state index contributed by atoms with van der Waals surface area (Å²) < 4.78 is 0. The molecule has 140 valence electrons. The number of nitrogens with two attached hydrogens (primary N) is 1. The number of benzene rings is 1. The summed E-state index contributed by atoms with van der Waals surface area (Å²) in [5.41, 5.74) is 7.68. The van der Waals surface area contributed by atoms with Gasteiger partial charge in [0.2, 0.25) is 5.91 Å². The largest absolute Gasteiger partial charge is 0.336 e. The lowest BCUT2D eigenvalue weighted by atomic mass is 10.2. The van der Waals surface area contributed by atoms with Gasteiger partial charge in [-0.15, -0.1) is 23.7 Å². The van der Waals surface area contributed by atoms with Crippen molar-refractivity contribution < 1.29 is 9.59 Å². The van der Waals surface area contributed by atoms with Gasteiger partial charge in [0.15, 0.2) is 0 Å². The highest BCUT2D eigenvalue weighted by Gasteiger charge is 2.30. The fourth-order valence-electron chi connectivity index (χ4n) is 2.62. The molecule has 0 atom stereocenters. The number of rotatable bonds is 7. The minimum Gasteiger partial charge on any atom is -0.336 e. The van der Waals surface area contributed by atoms with Crippen LogP contribution < -0.4 is 11.1 Å². The van der Waals surface area contributed by atoms with Crippen molar-refractivity contribution in [1.29, 1.82) is 0 Å². The van der Waals surface area contributed by atoms with Gasteiger partial charge in [0, 0.05) is 37.0 Å². The quantitative estimate of drug-likeness (QED) is 0.755. The van der Waals surface area contributed by atoms with Crippen molar-refractivity contribution in [3.63, 3.8) is 0 Å². The van der Waals surface area contributed by atoms with E-state index >= 15 is 0 Å². The van der Waals surface area contributed by atoms with Crippen LogP contribution >= 0.6 is 23.7 Å². The molecule has 1 aliphatic carbocycles. The van der Waals surface area contributed by atoms with Gasteiger partial charge >= 0.3 is 0 Å². The van der Waals surface area contributed by atoms with E-state index < -0.39 is 0 Å². The molecule has 0 unspecified atom stereocenters. The molecule has 3 N–H and O–H groups in total. The van der Waals surface area contributed by atoms with Gasteiger partial charge in [0.25, 0.3) is 5.91 Å². The number of thiazole rings is 1. The first-order valence-electron chi connectivity index (χ1n) is 8.39. The van der Waals surface area contributed by atoms with E-state index in [0.717, 1.165) is 23.4 Å². The van der Waals surface area contributed by atoms with E-state index in [2.05, 4.69) is 10.3 Å². The van der Waals surface area contributed by atoms with Gasteiger partial charge < -0.3 is 16.0 Å². The Kier molecular flexibility index (Phi) is 7.14. The predicted molar refractivity (Wildman–Crippen MR) is 106 cm³/mol. The van der Waals surface area contributed by atoms with E-state index in [1.165, 1.54) is 11.3 Å². The van der Waals surface area contributed by atoms with Gasteiger partial charge in [-0.05, 0) is 37.1 Å². The molecule has 0 bridgehead atoms. The van der Waals surface area contributed by atoms with Crippen LogP contribution in [0, 0.1) is 0 Å². The lowest BCUT2D eigenvalue weighted by Gasteiger charge is -2.20. The molecule has 2 amide bonds. The molecule has 1 aromatic heterocycles. The average molecular weight is 395 g/mol. The number of anilines is 1. The fourth-order valence-corrected chi connectivity index (χ4v) is 3.42. The standard InChI is InChI=1S/C18H22N4O2S.ClH/c1-12(23)22(15-6-7-15)10-13-2-4-14(5-3-13)20-18(24)16-11-25-17(21-16)8-9-19;/h2-5,11,15H,6-10,19H2,1H3,(H,20,24);1H. The lowest BCUT2D eigenvalue weighted by molar-refractivity contribution is -0.130. The van der Waals surface area contributed by atoms with Gasteiger partial charge in [-0.2, -0.15) is 0 Å². The smallest absolute Gasteiger partial charge is 0.275 e. The maximum absolute atomic E-state index is 12.2. The van der Waals surface area contributed by atoms with E-state index in [0.29, 0.717) is 36.9 Å². The molecule has 1 heterocycles. The Bertz CT molecular complexity index is 759. The van der Waals surface area contributed by atoms with Crippen LogP contribution in [0.15, 0.2) is 29.6 Å². The number of carbonyl (C=O) groups is 2. The average Bonchev–Trinajstić information content (AvgIpc) is 3.32. The van der Waals surface area contributed by atoms with Crippen molar-refractivity contribution in [3.05, 3.63) is 45.9 Å². The molecule has 0 aliphatic heterocycles. The molecule has 0 radical (unpaired) electrons. The second-order valence-corrected chi connectivity index (χ2v) is 7.14. The molecule has 6 nitrogen and oxygen atoms in total. The Hall–Kier alpha value is -1.96. The van der Waals surface area contributed by atoms with Crippen LogP contribution in [0.3, 0.4) is 0 Å². The summed E-state index contributed by atoms with van der Waals surface area (Å²) in [6, 6.07) is 7.98. The molecule has 26 heavy (non-hydrogen) atoms. The van der Waals surface area contributed by atoms with Crippen molar-refractivity contribution in [2.45, 2.75) is 38.8 Å². The summed E-state index contributed by atoms with van der Waals surface area (Å²) in [6.45, 7) is 2.75. The topological polar surface area (TPSA) is 88.3 Å². The zero-order valence-electron chi connectivity index (χ0n) is 14.6. The van der Waals surface area contributed by atoms with Gasteiger partial charge in [-0.25, -0.2) is 4.98 Å². The first-order chi connectivity index (χ1) is 12.1. The Labute approximate surface area is 163 Å². The van der Waals surface area contributed by atoms with Gasteiger partial charge in [-0.1, -0.05) is 12.1 Å². The summed E-state index contributed by atoms with van der Waals surface area (Å²) in [4.78, 5) is 30.1. The van der Waals surface area contributed by atoms with Crippen LogP contribution in [0.2, 0.25) is 0 Å². The van der Waals surface area contributed by atoms with E-state index in [1.54, 1.807) is 12.3 Å². The first kappa shape index (κ1) is 20.4. The molecule has 0 spiro atoms.